The molecule has 2 fully saturated rings. The van der Waals surface area contributed by atoms with Crippen molar-refractivity contribution in [2.24, 2.45) is 11.3 Å². The average Bonchev–Trinajstić information content (AvgIpc) is 3.07. The third-order valence-electron chi connectivity index (χ3n) is 5.89. The van der Waals surface area contributed by atoms with E-state index >= 15 is 0 Å². The van der Waals surface area contributed by atoms with Crippen LogP contribution in [0, 0.1) is 11.3 Å². The second kappa shape index (κ2) is 7.56. The van der Waals surface area contributed by atoms with E-state index in [1.807, 2.05) is 35.2 Å². The fourth-order valence-electron chi connectivity index (χ4n) is 4.15. The number of aliphatic hydroxyl groups is 1. The van der Waals surface area contributed by atoms with Crippen molar-refractivity contribution in [1.29, 1.82) is 0 Å². The molecule has 1 aromatic carbocycles. The summed E-state index contributed by atoms with van der Waals surface area (Å²) in [6.45, 7) is 4.54. The zero-order chi connectivity index (χ0) is 17.0. The molecule has 3 rings (SSSR count). The van der Waals surface area contributed by atoms with Crippen LogP contribution in [-0.4, -0.2) is 35.7 Å². The molecule has 132 valence electrons. The number of rotatable bonds is 4. The molecule has 0 spiro atoms. The summed E-state index contributed by atoms with van der Waals surface area (Å²) in [6, 6.07) is 9.91. The van der Waals surface area contributed by atoms with Crippen molar-refractivity contribution in [3.63, 3.8) is 0 Å². The number of hydrogen-bond acceptors (Lipinski definition) is 2. The van der Waals surface area contributed by atoms with E-state index in [9.17, 15) is 9.90 Å². The Balaban J connectivity index is 1.45. The van der Waals surface area contributed by atoms with E-state index in [0.717, 1.165) is 38.0 Å². The minimum atomic E-state index is -0.422. The molecule has 1 unspecified atom stereocenters. The lowest BCUT2D eigenvalue weighted by molar-refractivity contribution is 0.0661. The Morgan fingerprint density at radius 1 is 1.25 bits per heavy atom. The van der Waals surface area contributed by atoms with E-state index in [1.54, 1.807) is 0 Å². The lowest BCUT2D eigenvalue weighted by Gasteiger charge is -2.35. The normalized spacial score (nSPS) is 22.3. The number of amides is 2. The van der Waals surface area contributed by atoms with Crippen molar-refractivity contribution >= 4 is 6.03 Å². The number of likely N-dealkylation sites (tertiary alicyclic amines) is 1. The number of urea groups is 1. The van der Waals surface area contributed by atoms with Gasteiger partial charge in [0.1, 0.15) is 0 Å². The lowest BCUT2D eigenvalue weighted by atomic mass is 9.87. The van der Waals surface area contributed by atoms with Gasteiger partial charge >= 0.3 is 6.03 Å². The van der Waals surface area contributed by atoms with Crippen molar-refractivity contribution < 1.29 is 9.90 Å². The van der Waals surface area contributed by atoms with Crippen molar-refractivity contribution in [3.8, 4) is 0 Å². The Labute approximate surface area is 145 Å². The molecule has 2 N–H and O–H groups in total. The van der Waals surface area contributed by atoms with Gasteiger partial charge in [-0.3, -0.25) is 0 Å². The minimum Gasteiger partial charge on any atom is -0.388 e. The van der Waals surface area contributed by atoms with Gasteiger partial charge in [0, 0.05) is 19.6 Å². The van der Waals surface area contributed by atoms with Crippen LogP contribution < -0.4 is 5.32 Å². The molecule has 0 aromatic heterocycles. The predicted octanol–water partition coefficient (Wildman–Crippen LogP) is 3.72. The summed E-state index contributed by atoms with van der Waals surface area (Å²) in [6.07, 6.45) is 6.32. The number of carbonyl (C=O) groups is 1. The van der Waals surface area contributed by atoms with Crippen molar-refractivity contribution in [1.82, 2.24) is 10.2 Å². The third-order valence-corrected chi connectivity index (χ3v) is 5.89. The van der Waals surface area contributed by atoms with Gasteiger partial charge in [-0.1, -0.05) is 50.1 Å². The predicted molar refractivity (Wildman–Crippen MR) is 95.7 cm³/mol. The molecule has 1 saturated carbocycles. The van der Waals surface area contributed by atoms with Crippen LogP contribution in [0.2, 0.25) is 0 Å². The highest BCUT2D eigenvalue weighted by Gasteiger charge is 2.31. The first-order valence-electron chi connectivity index (χ1n) is 9.33. The molecule has 2 amide bonds. The molecule has 1 aromatic rings. The first-order chi connectivity index (χ1) is 11.6. The first-order valence-corrected chi connectivity index (χ1v) is 9.33. The molecule has 24 heavy (non-hydrogen) atoms. The number of aliphatic hydroxyl groups excluding tert-OH is 1. The molecule has 0 bridgehead atoms. The van der Waals surface area contributed by atoms with E-state index < -0.39 is 6.10 Å². The second-order valence-electron chi connectivity index (χ2n) is 7.86. The van der Waals surface area contributed by atoms with Gasteiger partial charge in [-0.25, -0.2) is 4.79 Å². The van der Waals surface area contributed by atoms with Crippen LogP contribution in [0.1, 0.15) is 57.1 Å². The maximum Gasteiger partial charge on any atom is 0.317 e. The molecular formula is C20H30N2O2. The quantitative estimate of drug-likeness (QED) is 0.884. The Kier molecular flexibility index (Phi) is 5.44. The zero-order valence-electron chi connectivity index (χ0n) is 14.7. The van der Waals surface area contributed by atoms with Gasteiger partial charge in [0.05, 0.1) is 6.10 Å². The van der Waals surface area contributed by atoms with E-state index in [0.29, 0.717) is 0 Å². The van der Waals surface area contributed by atoms with Crippen LogP contribution in [0.5, 0.6) is 0 Å². The molecule has 4 nitrogen and oxygen atoms in total. The van der Waals surface area contributed by atoms with Gasteiger partial charge in [0.2, 0.25) is 0 Å². The number of nitrogens with zero attached hydrogens (tertiary/aromatic N) is 1. The first kappa shape index (κ1) is 17.3. The maximum absolute atomic E-state index is 12.4. The summed E-state index contributed by atoms with van der Waals surface area (Å²) >= 11 is 0. The van der Waals surface area contributed by atoms with Crippen LogP contribution >= 0.6 is 0 Å². The van der Waals surface area contributed by atoms with Crippen LogP contribution in [-0.2, 0) is 0 Å². The van der Waals surface area contributed by atoms with Gasteiger partial charge in [-0.2, -0.15) is 0 Å². The van der Waals surface area contributed by atoms with Crippen LogP contribution in [0.4, 0.5) is 4.79 Å². The average molecular weight is 330 g/mol. The van der Waals surface area contributed by atoms with Gasteiger partial charge in [0.15, 0.2) is 0 Å². The third kappa shape index (κ3) is 4.10. The van der Waals surface area contributed by atoms with E-state index in [1.165, 1.54) is 25.7 Å². The van der Waals surface area contributed by atoms with Gasteiger partial charge in [-0.15, -0.1) is 0 Å². The minimum absolute atomic E-state index is 0.0655. The maximum atomic E-state index is 12.4. The van der Waals surface area contributed by atoms with E-state index in [2.05, 4.69) is 12.2 Å². The Hall–Kier alpha value is -1.55. The highest BCUT2D eigenvalue weighted by atomic mass is 16.3. The van der Waals surface area contributed by atoms with Crippen LogP contribution in [0.3, 0.4) is 0 Å². The smallest absolute Gasteiger partial charge is 0.317 e. The molecule has 4 heteroatoms. The molecule has 1 aliphatic carbocycles. The fourth-order valence-corrected chi connectivity index (χ4v) is 4.15. The summed E-state index contributed by atoms with van der Waals surface area (Å²) in [5.74, 6) is 0.240. The largest absolute Gasteiger partial charge is 0.388 e. The molecule has 1 saturated heterocycles. The molecule has 2 aliphatic rings. The van der Waals surface area contributed by atoms with Gasteiger partial charge in [-0.05, 0) is 42.6 Å². The van der Waals surface area contributed by atoms with Crippen molar-refractivity contribution in [2.75, 3.05) is 19.6 Å². The molecule has 1 heterocycles. The Bertz CT molecular complexity index is 532. The standard InChI is InChI=1S/C20H30N2O2/c1-20(11-5-6-12-20)15-21-19(24)22-13-9-17(10-14-22)18(23)16-7-3-2-4-8-16/h2-4,7-8,17-18,23H,5-6,9-15H2,1H3,(H,21,24). The molecule has 0 radical (unpaired) electrons. The molecular weight excluding hydrogens is 300 g/mol. The van der Waals surface area contributed by atoms with Crippen molar-refractivity contribution in [2.45, 2.75) is 51.6 Å². The lowest BCUT2D eigenvalue weighted by Crippen LogP contribution is -2.47. The highest BCUT2D eigenvalue weighted by Crippen LogP contribution is 2.36. The fraction of sp³-hybridized carbons (Fsp3) is 0.650. The highest BCUT2D eigenvalue weighted by molar-refractivity contribution is 5.74. The zero-order valence-corrected chi connectivity index (χ0v) is 14.7. The summed E-state index contributed by atoms with van der Waals surface area (Å²) in [4.78, 5) is 14.3. The Morgan fingerprint density at radius 2 is 1.88 bits per heavy atom. The number of hydrogen-bond donors (Lipinski definition) is 2. The number of nitrogens with one attached hydrogen (secondary N) is 1. The van der Waals surface area contributed by atoms with Crippen molar-refractivity contribution in [3.05, 3.63) is 35.9 Å². The topological polar surface area (TPSA) is 52.6 Å². The second-order valence-corrected chi connectivity index (χ2v) is 7.86. The molecule has 1 aliphatic heterocycles. The van der Waals surface area contributed by atoms with Crippen LogP contribution in [0.15, 0.2) is 30.3 Å². The van der Waals surface area contributed by atoms with Gasteiger partial charge in [0.25, 0.3) is 0 Å². The van der Waals surface area contributed by atoms with Crippen LogP contribution in [0.25, 0.3) is 0 Å². The molecule has 1 atom stereocenters. The summed E-state index contributed by atoms with van der Waals surface area (Å²) < 4.78 is 0. The number of carbonyl (C=O) groups excluding carboxylic acids is 1. The van der Waals surface area contributed by atoms with E-state index in [4.69, 9.17) is 0 Å². The Morgan fingerprint density at radius 3 is 2.50 bits per heavy atom. The summed E-state index contributed by atoms with van der Waals surface area (Å²) in [5.41, 5.74) is 1.27. The van der Waals surface area contributed by atoms with E-state index in [-0.39, 0.29) is 17.4 Å². The number of piperidine rings is 1. The summed E-state index contributed by atoms with van der Waals surface area (Å²) in [5, 5.41) is 13.7. The number of benzene rings is 1. The summed E-state index contributed by atoms with van der Waals surface area (Å²) in [7, 11) is 0. The van der Waals surface area contributed by atoms with Gasteiger partial charge < -0.3 is 15.3 Å². The SMILES string of the molecule is CC1(CNC(=O)N2CCC(C(O)c3ccccc3)CC2)CCCC1. The monoisotopic (exact) mass is 330 g/mol.